The quantitative estimate of drug-likeness (QED) is 0.828. The second-order valence-electron chi connectivity index (χ2n) is 4.61. The Balaban J connectivity index is 1.65. The van der Waals surface area contributed by atoms with E-state index in [1.807, 2.05) is 43.5 Å². The Labute approximate surface area is 122 Å². The topological polar surface area (TPSA) is 51.2 Å². The van der Waals surface area contributed by atoms with Crippen molar-refractivity contribution in [1.29, 1.82) is 0 Å². The van der Waals surface area contributed by atoms with Crippen molar-refractivity contribution >= 4 is 22.4 Å². The van der Waals surface area contributed by atoms with Gasteiger partial charge in [-0.2, -0.15) is 0 Å². The molecule has 0 atom stereocenters. The van der Waals surface area contributed by atoms with Crippen LogP contribution in [0.15, 0.2) is 29.6 Å². The van der Waals surface area contributed by atoms with Gasteiger partial charge in [0, 0.05) is 11.8 Å². The predicted molar refractivity (Wildman–Crippen MR) is 81.4 cm³/mol. The van der Waals surface area contributed by atoms with Gasteiger partial charge in [-0.25, -0.2) is 4.98 Å². The van der Waals surface area contributed by atoms with Gasteiger partial charge in [-0.15, -0.1) is 11.3 Å². The van der Waals surface area contributed by atoms with E-state index < -0.39 is 0 Å². The second kappa shape index (κ2) is 7.05. The van der Waals surface area contributed by atoms with Crippen LogP contribution in [-0.2, 0) is 4.79 Å². The Morgan fingerprint density at radius 2 is 2.05 bits per heavy atom. The lowest BCUT2D eigenvalue weighted by atomic mass is 10.2. The molecule has 1 N–H and O–H groups in total. The molecule has 1 amide bonds. The van der Waals surface area contributed by atoms with E-state index in [4.69, 9.17) is 4.74 Å². The van der Waals surface area contributed by atoms with Crippen molar-refractivity contribution in [2.45, 2.75) is 26.7 Å². The monoisotopic (exact) mass is 290 g/mol. The fourth-order valence-corrected chi connectivity index (χ4v) is 2.35. The van der Waals surface area contributed by atoms with Crippen LogP contribution in [0.25, 0.3) is 0 Å². The lowest BCUT2D eigenvalue weighted by Crippen LogP contribution is -2.12. The first-order valence-corrected chi connectivity index (χ1v) is 7.43. The molecule has 0 aliphatic rings. The Kier molecular flexibility index (Phi) is 5.12. The number of carbonyl (C=O) groups excluding carboxylic acids is 1. The number of nitrogens with zero attached hydrogens (tertiary/aromatic N) is 1. The van der Waals surface area contributed by atoms with E-state index in [0.717, 1.165) is 11.4 Å². The van der Waals surface area contributed by atoms with Crippen LogP contribution in [0.5, 0.6) is 5.75 Å². The van der Waals surface area contributed by atoms with Crippen LogP contribution < -0.4 is 10.1 Å². The molecule has 1 aromatic heterocycles. The number of benzene rings is 1. The van der Waals surface area contributed by atoms with Crippen LogP contribution in [0.4, 0.5) is 5.13 Å². The zero-order chi connectivity index (χ0) is 14.4. The lowest BCUT2D eigenvalue weighted by molar-refractivity contribution is -0.116. The van der Waals surface area contributed by atoms with Gasteiger partial charge < -0.3 is 10.1 Å². The molecule has 0 saturated heterocycles. The minimum atomic E-state index is -0.0214. The summed E-state index contributed by atoms with van der Waals surface area (Å²) in [5.41, 5.74) is 2.13. The average Bonchev–Trinajstić information content (AvgIpc) is 2.82. The molecular formula is C15H18N2O2S. The number of carbonyl (C=O) groups is 1. The third kappa shape index (κ3) is 4.66. The predicted octanol–water partition coefficient (Wildman–Crippen LogP) is 3.56. The van der Waals surface area contributed by atoms with Crippen molar-refractivity contribution in [3.8, 4) is 5.75 Å². The van der Waals surface area contributed by atoms with Crippen LogP contribution in [0.3, 0.4) is 0 Å². The van der Waals surface area contributed by atoms with E-state index in [9.17, 15) is 4.79 Å². The summed E-state index contributed by atoms with van der Waals surface area (Å²) in [6.07, 6.45) is 1.12. The number of aromatic nitrogens is 1. The molecule has 106 valence electrons. The van der Waals surface area contributed by atoms with Gasteiger partial charge in [0.15, 0.2) is 5.13 Å². The van der Waals surface area contributed by atoms with Gasteiger partial charge in [-0.3, -0.25) is 4.79 Å². The number of ether oxygens (including phenoxy) is 1. The lowest BCUT2D eigenvalue weighted by Gasteiger charge is -2.06. The highest BCUT2D eigenvalue weighted by atomic mass is 32.1. The minimum absolute atomic E-state index is 0.0214. The van der Waals surface area contributed by atoms with Gasteiger partial charge >= 0.3 is 0 Å². The number of hydrogen-bond donors (Lipinski definition) is 1. The maximum atomic E-state index is 11.7. The number of hydrogen-bond acceptors (Lipinski definition) is 4. The first-order valence-electron chi connectivity index (χ1n) is 6.55. The fraction of sp³-hybridized carbons (Fsp3) is 0.333. The summed E-state index contributed by atoms with van der Waals surface area (Å²) >= 11 is 1.44. The molecule has 0 unspecified atom stereocenters. The summed E-state index contributed by atoms with van der Waals surface area (Å²) < 4.78 is 5.57. The Bertz CT molecular complexity index is 564. The number of rotatable bonds is 6. The van der Waals surface area contributed by atoms with Gasteiger partial charge in [-0.05, 0) is 32.4 Å². The van der Waals surface area contributed by atoms with Crippen molar-refractivity contribution < 1.29 is 9.53 Å². The third-order valence-electron chi connectivity index (χ3n) is 2.70. The molecule has 5 heteroatoms. The highest BCUT2D eigenvalue weighted by Gasteiger charge is 2.05. The largest absolute Gasteiger partial charge is 0.494 e. The molecule has 20 heavy (non-hydrogen) atoms. The minimum Gasteiger partial charge on any atom is -0.494 e. The molecule has 2 aromatic rings. The summed E-state index contributed by atoms with van der Waals surface area (Å²) in [6, 6.07) is 7.89. The zero-order valence-corrected chi connectivity index (χ0v) is 12.5. The molecule has 0 spiro atoms. The summed E-state index contributed by atoms with van der Waals surface area (Å²) in [7, 11) is 0. The van der Waals surface area contributed by atoms with Crippen LogP contribution in [-0.4, -0.2) is 17.5 Å². The normalized spacial score (nSPS) is 10.3. The Morgan fingerprint density at radius 1 is 1.30 bits per heavy atom. The number of aryl methyl sites for hydroxylation is 2. The molecule has 4 nitrogen and oxygen atoms in total. The molecule has 0 aliphatic heterocycles. The van der Waals surface area contributed by atoms with E-state index in [1.165, 1.54) is 16.9 Å². The smallest absolute Gasteiger partial charge is 0.226 e. The van der Waals surface area contributed by atoms with E-state index in [1.54, 1.807) is 0 Å². The molecule has 0 aliphatic carbocycles. The number of thiazole rings is 1. The van der Waals surface area contributed by atoms with Gasteiger partial charge in [-0.1, -0.05) is 17.7 Å². The molecule has 1 aromatic carbocycles. The maximum absolute atomic E-state index is 11.7. The number of nitrogens with one attached hydrogen (secondary N) is 1. The van der Waals surface area contributed by atoms with Crippen molar-refractivity contribution in [3.05, 3.63) is 40.9 Å². The highest BCUT2D eigenvalue weighted by Crippen LogP contribution is 2.15. The summed E-state index contributed by atoms with van der Waals surface area (Å²) in [5, 5.41) is 5.35. The molecule has 0 radical (unpaired) electrons. The summed E-state index contributed by atoms with van der Waals surface area (Å²) in [4.78, 5) is 15.9. The third-order valence-corrected chi connectivity index (χ3v) is 3.58. The van der Waals surface area contributed by atoms with Crippen LogP contribution >= 0.6 is 11.3 Å². The molecule has 2 rings (SSSR count). The Hall–Kier alpha value is -1.88. The van der Waals surface area contributed by atoms with Crippen LogP contribution in [0, 0.1) is 13.8 Å². The van der Waals surface area contributed by atoms with Crippen LogP contribution in [0.1, 0.15) is 24.1 Å². The van der Waals surface area contributed by atoms with Gasteiger partial charge in [0.05, 0.1) is 12.3 Å². The highest BCUT2D eigenvalue weighted by molar-refractivity contribution is 7.13. The van der Waals surface area contributed by atoms with Crippen molar-refractivity contribution in [3.63, 3.8) is 0 Å². The average molecular weight is 290 g/mol. The molecule has 1 heterocycles. The molecule has 0 fully saturated rings. The van der Waals surface area contributed by atoms with Gasteiger partial charge in [0.25, 0.3) is 0 Å². The fourth-order valence-electron chi connectivity index (χ4n) is 1.65. The number of anilines is 1. The summed E-state index contributed by atoms with van der Waals surface area (Å²) in [6.45, 7) is 4.48. The first-order chi connectivity index (χ1) is 9.63. The van der Waals surface area contributed by atoms with Crippen molar-refractivity contribution in [2.24, 2.45) is 0 Å². The van der Waals surface area contributed by atoms with E-state index >= 15 is 0 Å². The molecule has 0 bridgehead atoms. The Morgan fingerprint density at radius 3 is 2.70 bits per heavy atom. The van der Waals surface area contributed by atoms with E-state index in [2.05, 4.69) is 10.3 Å². The van der Waals surface area contributed by atoms with Crippen molar-refractivity contribution in [1.82, 2.24) is 4.98 Å². The van der Waals surface area contributed by atoms with E-state index in [-0.39, 0.29) is 5.91 Å². The maximum Gasteiger partial charge on any atom is 0.226 e. The van der Waals surface area contributed by atoms with Crippen LogP contribution in [0.2, 0.25) is 0 Å². The van der Waals surface area contributed by atoms with Gasteiger partial charge in [0.2, 0.25) is 5.91 Å². The standard InChI is InChI=1S/C15H18N2O2S/c1-11-5-7-13(8-6-11)19-9-3-4-14(18)17-15-16-12(2)10-20-15/h5-8,10H,3-4,9H2,1-2H3,(H,16,17,18). The summed E-state index contributed by atoms with van der Waals surface area (Å²) in [5.74, 6) is 0.818. The molecule has 0 saturated carbocycles. The second-order valence-corrected chi connectivity index (χ2v) is 5.47. The first kappa shape index (κ1) is 14.5. The van der Waals surface area contributed by atoms with E-state index in [0.29, 0.717) is 24.6 Å². The number of amides is 1. The van der Waals surface area contributed by atoms with Gasteiger partial charge in [0.1, 0.15) is 5.75 Å². The SMILES string of the molecule is Cc1ccc(OCCCC(=O)Nc2nc(C)cs2)cc1. The zero-order valence-electron chi connectivity index (χ0n) is 11.7. The molecular weight excluding hydrogens is 272 g/mol. The van der Waals surface area contributed by atoms with Crippen molar-refractivity contribution in [2.75, 3.05) is 11.9 Å².